The average Bonchev–Trinajstić information content (AvgIpc) is 3.26. The maximum atomic E-state index is 8.77. The number of epoxide rings is 2. The molecule has 0 saturated carbocycles. The van der Waals surface area contributed by atoms with Crippen LogP contribution in [0.4, 0.5) is 0 Å². The van der Waals surface area contributed by atoms with E-state index in [1.165, 1.54) is 0 Å². The molecule has 2 heterocycles. The molecule has 0 aliphatic carbocycles. The summed E-state index contributed by atoms with van der Waals surface area (Å²) in [6.07, 6.45) is 0.785. The van der Waals surface area contributed by atoms with Crippen molar-refractivity contribution in [1.82, 2.24) is 0 Å². The fourth-order valence-corrected chi connectivity index (χ4v) is 1.26. The summed E-state index contributed by atoms with van der Waals surface area (Å²) in [5.41, 5.74) is 0.813. The monoisotopic (exact) mass is 254 g/mol. The van der Waals surface area contributed by atoms with Gasteiger partial charge in [-0.25, -0.2) is 0 Å². The first-order chi connectivity index (χ1) is 8.78. The quantitative estimate of drug-likeness (QED) is 0.756. The molecule has 2 atom stereocenters. The number of hydrogen-bond donors (Lipinski definition) is 2. The summed E-state index contributed by atoms with van der Waals surface area (Å²) in [5.74, 6) is 0.229. The van der Waals surface area contributed by atoms with Gasteiger partial charge in [-0.3, -0.25) is 0 Å². The molecular weight excluding hydrogens is 236 g/mol. The number of benzene rings is 1. The molecule has 2 N–H and O–H groups in total. The third-order valence-corrected chi connectivity index (χ3v) is 2.53. The van der Waals surface area contributed by atoms with Crippen molar-refractivity contribution in [1.29, 1.82) is 0 Å². The number of aliphatic hydroxyl groups is 1. The molecule has 2 fully saturated rings. The smallest absolute Gasteiger partial charge is 0.115 e. The summed E-state index contributed by atoms with van der Waals surface area (Å²) in [5, 5.41) is 17.3. The van der Waals surface area contributed by atoms with E-state index in [1.54, 1.807) is 24.3 Å². The molecule has 0 aromatic heterocycles. The van der Waals surface area contributed by atoms with Crippen LogP contribution in [0.25, 0.3) is 0 Å². The summed E-state index contributed by atoms with van der Waals surface area (Å²) >= 11 is 0. The predicted octanol–water partition coefficient (Wildman–Crippen LogP) is 0.685. The van der Waals surface area contributed by atoms with Crippen molar-refractivity contribution >= 4 is 0 Å². The number of aromatic hydroxyl groups is 1. The van der Waals surface area contributed by atoms with Gasteiger partial charge in [-0.1, -0.05) is 12.1 Å². The maximum absolute atomic E-state index is 8.77. The third-order valence-electron chi connectivity index (χ3n) is 2.53. The van der Waals surface area contributed by atoms with E-state index in [4.69, 9.17) is 24.4 Å². The maximum Gasteiger partial charge on any atom is 0.115 e. The zero-order chi connectivity index (χ0) is 12.8. The molecule has 1 aromatic rings. The lowest BCUT2D eigenvalue weighted by Crippen LogP contribution is -2.06. The highest BCUT2D eigenvalue weighted by Gasteiger charge is 2.26. The Balaban J connectivity index is 0.000000134. The Bertz CT molecular complexity index is 331. The zero-order valence-electron chi connectivity index (χ0n) is 10.1. The summed E-state index contributed by atoms with van der Waals surface area (Å²) in [4.78, 5) is 0. The van der Waals surface area contributed by atoms with Crippen LogP contribution in [-0.4, -0.2) is 48.8 Å². The van der Waals surface area contributed by atoms with Crippen molar-refractivity contribution in [3.05, 3.63) is 29.8 Å². The fraction of sp³-hybridized carbons (Fsp3) is 0.538. The molecule has 5 heteroatoms. The van der Waals surface area contributed by atoms with Gasteiger partial charge in [0.05, 0.1) is 33.0 Å². The molecule has 3 rings (SSSR count). The van der Waals surface area contributed by atoms with Gasteiger partial charge in [0.25, 0.3) is 0 Å². The van der Waals surface area contributed by atoms with Gasteiger partial charge in [0.2, 0.25) is 0 Å². The van der Waals surface area contributed by atoms with E-state index in [2.05, 4.69) is 0 Å². The summed E-state index contributed by atoms with van der Waals surface area (Å²) < 4.78 is 15.1. The first-order valence-corrected chi connectivity index (χ1v) is 5.97. The van der Waals surface area contributed by atoms with Crippen LogP contribution in [0.15, 0.2) is 24.3 Å². The Labute approximate surface area is 106 Å². The number of aliphatic hydroxyl groups excluding tert-OH is 1. The van der Waals surface area contributed by atoms with Crippen LogP contribution in [0, 0.1) is 0 Å². The normalized spacial score (nSPS) is 24.1. The molecule has 0 amide bonds. The molecule has 100 valence electrons. The van der Waals surface area contributed by atoms with Crippen molar-refractivity contribution in [2.45, 2.75) is 18.8 Å². The summed E-state index contributed by atoms with van der Waals surface area (Å²) in [7, 11) is 0. The Morgan fingerprint density at radius 1 is 1.06 bits per heavy atom. The van der Waals surface area contributed by atoms with Gasteiger partial charge in [0, 0.05) is 0 Å². The number of rotatable bonds is 5. The Kier molecular flexibility index (Phi) is 4.95. The highest BCUT2D eigenvalue weighted by molar-refractivity contribution is 5.25. The molecule has 5 nitrogen and oxygen atoms in total. The lowest BCUT2D eigenvalue weighted by Gasteiger charge is -1.95. The third kappa shape index (κ3) is 5.46. The highest BCUT2D eigenvalue weighted by atomic mass is 16.6. The van der Waals surface area contributed by atoms with Crippen molar-refractivity contribution in [3.63, 3.8) is 0 Å². The van der Waals surface area contributed by atoms with Gasteiger partial charge in [0.1, 0.15) is 18.0 Å². The van der Waals surface area contributed by atoms with E-state index in [0.717, 1.165) is 32.0 Å². The lowest BCUT2D eigenvalue weighted by molar-refractivity contribution is 0.102. The second-order valence-electron chi connectivity index (χ2n) is 4.27. The standard InChI is InChI=1S/C7H8O2.C6H10O3/c8-5-6-1-3-7(9)4-2-6;1(5-3-8-5)7-2-6-4-9-6/h1-4,8-9H,5H2;5-6H,1-4H2. The number of phenolic OH excluding ortho intramolecular Hbond substituents is 1. The van der Waals surface area contributed by atoms with E-state index in [0.29, 0.717) is 12.2 Å². The molecule has 2 unspecified atom stereocenters. The minimum absolute atomic E-state index is 0.0281. The fourth-order valence-electron chi connectivity index (χ4n) is 1.26. The van der Waals surface area contributed by atoms with Crippen LogP contribution in [-0.2, 0) is 20.8 Å². The van der Waals surface area contributed by atoms with Crippen molar-refractivity contribution in [3.8, 4) is 5.75 Å². The van der Waals surface area contributed by atoms with Crippen LogP contribution >= 0.6 is 0 Å². The predicted molar refractivity (Wildman–Crippen MR) is 64.3 cm³/mol. The molecular formula is C13H18O5. The van der Waals surface area contributed by atoms with Gasteiger partial charge in [-0.2, -0.15) is 0 Å². The van der Waals surface area contributed by atoms with E-state index in [1.807, 2.05) is 0 Å². The number of hydrogen-bond acceptors (Lipinski definition) is 5. The van der Waals surface area contributed by atoms with E-state index in [9.17, 15) is 0 Å². The molecule has 0 bridgehead atoms. The van der Waals surface area contributed by atoms with Gasteiger partial charge in [-0.05, 0) is 17.7 Å². The SMILES string of the molecule is C(OCC1CO1)C1CO1.OCc1ccc(O)cc1. The molecule has 0 spiro atoms. The van der Waals surface area contributed by atoms with Gasteiger partial charge < -0.3 is 24.4 Å². The minimum atomic E-state index is 0.0281. The van der Waals surface area contributed by atoms with Crippen molar-refractivity contribution in [2.24, 2.45) is 0 Å². The zero-order valence-corrected chi connectivity index (χ0v) is 10.1. The van der Waals surface area contributed by atoms with Crippen LogP contribution in [0.5, 0.6) is 5.75 Å². The Morgan fingerprint density at radius 2 is 1.56 bits per heavy atom. The molecule has 2 saturated heterocycles. The molecule has 2 aliphatic rings. The minimum Gasteiger partial charge on any atom is -0.508 e. The first-order valence-electron chi connectivity index (χ1n) is 5.97. The lowest BCUT2D eigenvalue weighted by atomic mass is 10.2. The van der Waals surface area contributed by atoms with Gasteiger partial charge in [0.15, 0.2) is 0 Å². The topological polar surface area (TPSA) is 74.8 Å². The van der Waals surface area contributed by atoms with Crippen LogP contribution in [0.2, 0.25) is 0 Å². The van der Waals surface area contributed by atoms with Crippen LogP contribution in [0.1, 0.15) is 5.56 Å². The number of phenols is 1. The van der Waals surface area contributed by atoms with E-state index in [-0.39, 0.29) is 12.4 Å². The Morgan fingerprint density at radius 3 is 1.94 bits per heavy atom. The molecule has 2 aliphatic heterocycles. The summed E-state index contributed by atoms with van der Waals surface area (Å²) in [6.45, 7) is 3.29. The Hall–Kier alpha value is -1.14. The summed E-state index contributed by atoms with van der Waals surface area (Å²) in [6, 6.07) is 6.45. The van der Waals surface area contributed by atoms with Crippen LogP contribution in [0.3, 0.4) is 0 Å². The first kappa shape index (κ1) is 13.3. The second-order valence-corrected chi connectivity index (χ2v) is 4.27. The van der Waals surface area contributed by atoms with E-state index < -0.39 is 0 Å². The number of ether oxygens (including phenoxy) is 3. The van der Waals surface area contributed by atoms with Crippen LogP contribution < -0.4 is 0 Å². The van der Waals surface area contributed by atoms with Gasteiger partial charge >= 0.3 is 0 Å². The second kappa shape index (κ2) is 6.70. The highest BCUT2D eigenvalue weighted by Crippen LogP contribution is 2.12. The largest absolute Gasteiger partial charge is 0.508 e. The van der Waals surface area contributed by atoms with Gasteiger partial charge in [-0.15, -0.1) is 0 Å². The van der Waals surface area contributed by atoms with Crippen molar-refractivity contribution < 1.29 is 24.4 Å². The molecule has 0 radical (unpaired) electrons. The van der Waals surface area contributed by atoms with E-state index >= 15 is 0 Å². The molecule has 1 aromatic carbocycles. The molecule has 18 heavy (non-hydrogen) atoms. The van der Waals surface area contributed by atoms with Crippen molar-refractivity contribution in [2.75, 3.05) is 26.4 Å². The average molecular weight is 254 g/mol.